The summed E-state index contributed by atoms with van der Waals surface area (Å²) in [7, 11) is 0. The minimum atomic E-state index is -0.0660. The molecule has 1 rings (SSSR count). The Balaban J connectivity index is 0.00000178. The van der Waals surface area contributed by atoms with Crippen LogP contribution in [-0.4, -0.2) is 24.9 Å². The zero-order valence-electron chi connectivity index (χ0n) is 16.9. The molecular formula is C21H36N2O2. The topological polar surface area (TPSA) is 58.2 Å². The number of amides is 2. The SMILES string of the molecule is CCC.CCc1ccc(C(=O)NCCCNC(=O)CC(C)(C)C)cc1. The second kappa shape index (κ2) is 12.5. The van der Waals surface area contributed by atoms with E-state index in [1.807, 2.05) is 45.0 Å². The second-order valence-corrected chi connectivity index (χ2v) is 7.45. The lowest BCUT2D eigenvalue weighted by Crippen LogP contribution is -2.31. The van der Waals surface area contributed by atoms with Gasteiger partial charge in [0.1, 0.15) is 0 Å². The highest BCUT2D eigenvalue weighted by Gasteiger charge is 2.15. The molecule has 0 aromatic heterocycles. The van der Waals surface area contributed by atoms with Crippen LogP contribution in [0.5, 0.6) is 0 Å². The average Bonchev–Trinajstić information content (AvgIpc) is 2.53. The van der Waals surface area contributed by atoms with Gasteiger partial charge in [0.25, 0.3) is 5.91 Å². The van der Waals surface area contributed by atoms with Gasteiger partial charge >= 0.3 is 0 Å². The Kier molecular flexibility index (Phi) is 11.6. The second-order valence-electron chi connectivity index (χ2n) is 7.45. The van der Waals surface area contributed by atoms with Crippen LogP contribution in [-0.2, 0) is 11.2 Å². The molecule has 0 heterocycles. The third kappa shape index (κ3) is 12.2. The summed E-state index contributed by atoms with van der Waals surface area (Å²) >= 11 is 0. The van der Waals surface area contributed by atoms with Crippen LogP contribution in [0, 0.1) is 5.41 Å². The zero-order chi connectivity index (χ0) is 19.3. The van der Waals surface area contributed by atoms with Gasteiger partial charge in [-0.2, -0.15) is 0 Å². The summed E-state index contributed by atoms with van der Waals surface area (Å²) in [6.45, 7) is 13.6. The van der Waals surface area contributed by atoms with Crippen molar-refractivity contribution in [3.05, 3.63) is 35.4 Å². The van der Waals surface area contributed by atoms with Crippen molar-refractivity contribution in [1.82, 2.24) is 10.6 Å². The van der Waals surface area contributed by atoms with Crippen molar-refractivity contribution in [3.8, 4) is 0 Å². The highest BCUT2D eigenvalue weighted by Crippen LogP contribution is 2.17. The van der Waals surface area contributed by atoms with Crippen molar-refractivity contribution in [1.29, 1.82) is 0 Å². The van der Waals surface area contributed by atoms with Gasteiger partial charge in [-0.05, 0) is 36.0 Å². The van der Waals surface area contributed by atoms with Crippen LogP contribution in [0.2, 0.25) is 0 Å². The molecule has 0 aliphatic rings. The number of nitrogens with one attached hydrogen (secondary N) is 2. The number of aryl methyl sites for hydroxylation is 1. The van der Waals surface area contributed by atoms with E-state index in [1.165, 1.54) is 12.0 Å². The molecule has 0 saturated carbocycles. The normalized spacial score (nSPS) is 10.5. The maximum Gasteiger partial charge on any atom is 0.251 e. The Labute approximate surface area is 153 Å². The third-order valence-electron chi connectivity index (χ3n) is 3.28. The molecule has 0 bridgehead atoms. The van der Waals surface area contributed by atoms with Gasteiger partial charge in [0.2, 0.25) is 5.91 Å². The third-order valence-corrected chi connectivity index (χ3v) is 3.28. The zero-order valence-corrected chi connectivity index (χ0v) is 16.9. The van der Waals surface area contributed by atoms with Crippen LogP contribution in [0.15, 0.2) is 24.3 Å². The van der Waals surface area contributed by atoms with Crippen LogP contribution >= 0.6 is 0 Å². The van der Waals surface area contributed by atoms with Crippen molar-refractivity contribution >= 4 is 11.8 Å². The first-order chi connectivity index (χ1) is 11.7. The molecule has 0 radical (unpaired) electrons. The first-order valence-corrected chi connectivity index (χ1v) is 9.37. The first-order valence-electron chi connectivity index (χ1n) is 9.37. The van der Waals surface area contributed by atoms with E-state index in [1.54, 1.807) is 0 Å². The molecule has 142 valence electrons. The minimum absolute atomic E-state index is 0.00293. The highest BCUT2D eigenvalue weighted by atomic mass is 16.2. The molecule has 0 saturated heterocycles. The van der Waals surface area contributed by atoms with Crippen molar-refractivity contribution in [2.24, 2.45) is 5.41 Å². The Morgan fingerprint density at radius 3 is 1.92 bits per heavy atom. The smallest absolute Gasteiger partial charge is 0.251 e. The van der Waals surface area contributed by atoms with Crippen molar-refractivity contribution in [2.45, 2.75) is 67.2 Å². The molecule has 25 heavy (non-hydrogen) atoms. The molecule has 0 aliphatic carbocycles. The molecule has 0 fully saturated rings. The molecule has 0 unspecified atom stereocenters. The van der Waals surface area contributed by atoms with Crippen molar-refractivity contribution < 1.29 is 9.59 Å². The maximum atomic E-state index is 11.9. The molecular weight excluding hydrogens is 312 g/mol. The van der Waals surface area contributed by atoms with Crippen LogP contribution in [0.3, 0.4) is 0 Å². The lowest BCUT2D eigenvalue weighted by Gasteiger charge is -2.17. The Hall–Kier alpha value is -1.84. The lowest BCUT2D eigenvalue weighted by molar-refractivity contribution is -0.122. The van der Waals surface area contributed by atoms with E-state index in [9.17, 15) is 9.59 Å². The number of carbonyl (C=O) groups excluding carboxylic acids is 2. The van der Waals surface area contributed by atoms with Gasteiger partial charge in [0.05, 0.1) is 0 Å². The van der Waals surface area contributed by atoms with Gasteiger partial charge in [0.15, 0.2) is 0 Å². The van der Waals surface area contributed by atoms with Gasteiger partial charge in [0, 0.05) is 25.1 Å². The summed E-state index contributed by atoms with van der Waals surface area (Å²) in [6.07, 6.45) is 3.47. The van der Waals surface area contributed by atoms with E-state index in [-0.39, 0.29) is 17.2 Å². The summed E-state index contributed by atoms with van der Waals surface area (Å²) in [5.74, 6) is -0.00217. The van der Waals surface area contributed by atoms with E-state index in [2.05, 4.69) is 31.4 Å². The van der Waals surface area contributed by atoms with Gasteiger partial charge < -0.3 is 10.6 Å². The van der Waals surface area contributed by atoms with Gasteiger partial charge in [-0.3, -0.25) is 9.59 Å². The van der Waals surface area contributed by atoms with E-state index in [0.29, 0.717) is 25.1 Å². The molecule has 0 atom stereocenters. The number of rotatable bonds is 7. The predicted octanol–water partition coefficient (Wildman–Crippen LogP) is 4.34. The van der Waals surface area contributed by atoms with Gasteiger partial charge in [-0.15, -0.1) is 0 Å². The summed E-state index contributed by atoms with van der Waals surface area (Å²) in [5, 5.41) is 5.75. The molecule has 2 N–H and O–H groups in total. The summed E-state index contributed by atoms with van der Waals surface area (Å²) in [4.78, 5) is 23.6. The van der Waals surface area contributed by atoms with Crippen LogP contribution in [0.4, 0.5) is 0 Å². The van der Waals surface area contributed by atoms with E-state index < -0.39 is 0 Å². The summed E-state index contributed by atoms with van der Waals surface area (Å²) < 4.78 is 0. The highest BCUT2D eigenvalue weighted by molar-refractivity contribution is 5.94. The molecule has 2 amide bonds. The van der Waals surface area contributed by atoms with Crippen molar-refractivity contribution in [3.63, 3.8) is 0 Å². The average molecular weight is 349 g/mol. The molecule has 4 heteroatoms. The molecule has 1 aromatic rings. The quantitative estimate of drug-likeness (QED) is 0.720. The minimum Gasteiger partial charge on any atom is -0.356 e. The lowest BCUT2D eigenvalue weighted by atomic mass is 9.92. The number of benzene rings is 1. The fraction of sp³-hybridized carbons (Fsp3) is 0.619. The van der Waals surface area contributed by atoms with E-state index in [0.717, 1.165) is 12.8 Å². The Bertz CT molecular complexity index is 502. The molecule has 0 aliphatic heterocycles. The van der Waals surface area contributed by atoms with Gasteiger partial charge in [-0.1, -0.05) is 60.1 Å². The fourth-order valence-electron chi connectivity index (χ4n) is 2.06. The van der Waals surface area contributed by atoms with E-state index in [4.69, 9.17) is 0 Å². The molecule has 1 aromatic carbocycles. The van der Waals surface area contributed by atoms with Crippen LogP contribution < -0.4 is 10.6 Å². The molecule has 0 spiro atoms. The number of hydrogen-bond donors (Lipinski definition) is 2. The predicted molar refractivity (Wildman–Crippen MR) is 106 cm³/mol. The largest absolute Gasteiger partial charge is 0.356 e. The Morgan fingerprint density at radius 2 is 1.44 bits per heavy atom. The first kappa shape index (κ1) is 23.2. The Morgan fingerprint density at radius 1 is 0.920 bits per heavy atom. The van der Waals surface area contributed by atoms with Gasteiger partial charge in [-0.25, -0.2) is 0 Å². The van der Waals surface area contributed by atoms with E-state index >= 15 is 0 Å². The molecule has 4 nitrogen and oxygen atoms in total. The fourth-order valence-corrected chi connectivity index (χ4v) is 2.06. The van der Waals surface area contributed by atoms with Crippen LogP contribution in [0.1, 0.15) is 76.7 Å². The monoisotopic (exact) mass is 348 g/mol. The summed E-state index contributed by atoms with van der Waals surface area (Å²) in [6, 6.07) is 7.64. The maximum absolute atomic E-state index is 11.9. The standard InChI is InChI=1S/C18H28N2O2.C3H8/c1-5-14-7-9-15(10-8-14)17(22)20-12-6-11-19-16(21)13-18(2,3)4;1-3-2/h7-10H,5-6,11-13H2,1-4H3,(H,19,21)(H,20,22);3H2,1-2H3. The summed E-state index contributed by atoms with van der Waals surface area (Å²) in [5.41, 5.74) is 1.90. The van der Waals surface area contributed by atoms with Crippen LogP contribution in [0.25, 0.3) is 0 Å². The number of carbonyl (C=O) groups is 2. The van der Waals surface area contributed by atoms with Crippen molar-refractivity contribution in [2.75, 3.05) is 13.1 Å². The number of hydrogen-bond acceptors (Lipinski definition) is 2.